The van der Waals surface area contributed by atoms with E-state index < -0.39 is 121 Å². The SMILES string of the molecule is Cc1cc(O)cc(C)c1C[C@H](N)C(=O)N[C@H](CCCN=C(N)N)C(=O)N[C@@H](Cc1ccccc1)C(=O)N[C@@H](CCCCN)C(=O)NC1CCC(NC(=O)[C@H](Cc2ccccc2)N[C@H](CC2CCCCC2)C(=O)NCC2Cc3ccccc3CN2C(=O)[C@@H](N)Cc2ccc(O)cc2)CC1.O=C(O)C(F)(F)F.O=C(O)C(F)(F)F.O=C(O)C(F)(F)F.O=C(O)C(F)(F)F. The molecule has 2 saturated carbocycles. The number of benzene rings is 5. The van der Waals surface area contributed by atoms with Crippen LogP contribution in [-0.2, 0) is 91.4 Å². The van der Waals surface area contributed by atoms with Crippen molar-refractivity contribution in [3.05, 3.63) is 166 Å². The molecule has 1 unspecified atom stereocenters. The van der Waals surface area contributed by atoms with Gasteiger partial charge in [0.05, 0.1) is 30.2 Å². The molecule has 0 bridgehead atoms. The van der Waals surface area contributed by atoms with Crippen molar-refractivity contribution in [2.45, 2.75) is 234 Å². The maximum atomic E-state index is 14.9. The van der Waals surface area contributed by atoms with Crippen molar-refractivity contribution in [3.8, 4) is 11.5 Å². The van der Waals surface area contributed by atoms with Crippen molar-refractivity contribution in [1.29, 1.82) is 0 Å². The number of hydrogen-bond acceptors (Lipinski definition) is 18. The summed E-state index contributed by atoms with van der Waals surface area (Å²) in [6.45, 7) is 4.66. The lowest BCUT2D eigenvalue weighted by Crippen LogP contribution is -2.59. The minimum Gasteiger partial charge on any atom is -0.508 e. The van der Waals surface area contributed by atoms with Crippen LogP contribution in [0, 0.1) is 19.8 Å². The van der Waals surface area contributed by atoms with Crippen molar-refractivity contribution < 1.29 is 136 Å². The van der Waals surface area contributed by atoms with Crippen molar-refractivity contribution in [1.82, 2.24) is 42.1 Å². The third-order valence-corrected chi connectivity index (χ3v) is 20.4. The van der Waals surface area contributed by atoms with Gasteiger partial charge < -0.3 is 96.1 Å². The van der Waals surface area contributed by atoms with E-state index in [1.54, 1.807) is 41.3 Å². The molecule has 1 aliphatic heterocycles. The molecule has 696 valence electrons. The summed E-state index contributed by atoms with van der Waals surface area (Å²) in [6, 6.07) is 28.9. The first-order chi connectivity index (χ1) is 59.0. The Bertz CT molecular complexity index is 4270. The number of nitrogens with zero attached hydrogens (tertiary/aromatic N) is 2. The Morgan fingerprint density at radius 2 is 0.889 bits per heavy atom. The van der Waals surface area contributed by atoms with Crippen LogP contribution in [-0.4, -0.2) is 211 Å². The Kier molecular flexibility index (Phi) is 43.6. The van der Waals surface area contributed by atoms with Crippen molar-refractivity contribution in [2.24, 2.45) is 39.6 Å². The van der Waals surface area contributed by atoms with Gasteiger partial charge in [0.25, 0.3) is 0 Å². The zero-order valence-corrected chi connectivity index (χ0v) is 68.9. The lowest BCUT2D eigenvalue weighted by atomic mass is 9.84. The van der Waals surface area contributed by atoms with Gasteiger partial charge in [-0.2, -0.15) is 52.7 Å². The van der Waals surface area contributed by atoms with E-state index in [1.807, 2.05) is 92.7 Å². The van der Waals surface area contributed by atoms with Crippen molar-refractivity contribution >= 4 is 71.2 Å². The monoisotopic (exact) mass is 1800 g/mol. The molecule has 7 amide bonds. The number of phenolic OH excluding ortho intramolecular Hbond substituents is 2. The van der Waals surface area contributed by atoms with E-state index in [-0.39, 0.29) is 105 Å². The fraction of sp³-hybridized carbons (Fsp3) is 0.494. The first kappa shape index (κ1) is 106. The number of carboxylic acid groups (broad SMARTS) is 4. The number of rotatable bonds is 34. The molecule has 2 fully saturated rings. The first-order valence-electron chi connectivity index (χ1n) is 40.0. The molecule has 8 rings (SSSR count). The van der Waals surface area contributed by atoms with Crippen LogP contribution >= 0.6 is 0 Å². The molecular formula is C83H108F12N14O17. The Hall–Kier alpha value is -11.9. The molecule has 2 aliphatic carbocycles. The van der Waals surface area contributed by atoms with Gasteiger partial charge in [0.1, 0.15) is 29.6 Å². The summed E-state index contributed by atoms with van der Waals surface area (Å²) in [7, 11) is 0. The second-order valence-corrected chi connectivity index (χ2v) is 30.3. The molecule has 0 saturated heterocycles. The number of aryl methyl sites for hydroxylation is 2. The van der Waals surface area contributed by atoms with E-state index in [9.17, 15) is 96.5 Å². The van der Waals surface area contributed by atoms with Gasteiger partial charge in [-0.15, -0.1) is 0 Å². The van der Waals surface area contributed by atoms with E-state index in [2.05, 4.69) is 48.3 Å². The minimum absolute atomic E-state index is 0.0500. The Labute approximate surface area is 717 Å². The summed E-state index contributed by atoms with van der Waals surface area (Å²) in [5, 5.41) is 70.5. The number of nitrogens with one attached hydrogen (secondary N) is 7. The highest BCUT2D eigenvalue weighted by atomic mass is 19.4. The maximum absolute atomic E-state index is 14.9. The number of halogens is 12. The second kappa shape index (κ2) is 51.5. The summed E-state index contributed by atoms with van der Waals surface area (Å²) < 4.78 is 127. The van der Waals surface area contributed by atoms with Gasteiger partial charge in [0.2, 0.25) is 41.4 Å². The molecule has 1 heterocycles. The zero-order valence-electron chi connectivity index (χ0n) is 68.9. The fourth-order valence-corrected chi connectivity index (χ4v) is 13.9. The Morgan fingerprint density at radius 1 is 0.468 bits per heavy atom. The van der Waals surface area contributed by atoms with E-state index in [1.165, 1.54) is 0 Å². The number of aliphatic carboxylic acids is 4. The number of amides is 7. The van der Waals surface area contributed by atoms with E-state index in [0.29, 0.717) is 70.9 Å². The molecule has 3 aliphatic rings. The number of hydrogen-bond donors (Lipinski definition) is 18. The summed E-state index contributed by atoms with van der Waals surface area (Å²) in [5.74, 6) is -13.7. The summed E-state index contributed by atoms with van der Waals surface area (Å²) in [6.07, 6.45) is -9.44. The number of carbonyl (C=O) groups excluding carboxylic acids is 7. The Balaban J connectivity index is 0.00000102. The largest absolute Gasteiger partial charge is 0.508 e. The average Bonchev–Trinajstić information content (AvgIpc) is 0.796. The number of alkyl halides is 12. The number of carbonyl (C=O) groups is 11. The molecule has 31 nitrogen and oxygen atoms in total. The third-order valence-electron chi connectivity index (χ3n) is 20.4. The Morgan fingerprint density at radius 3 is 1.37 bits per heavy atom. The van der Waals surface area contributed by atoms with Crippen LogP contribution in [0.25, 0.3) is 0 Å². The lowest BCUT2D eigenvalue weighted by Gasteiger charge is -2.39. The predicted molar refractivity (Wildman–Crippen MR) is 434 cm³/mol. The number of aromatic hydroxyl groups is 2. The van der Waals surface area contributed by atoms with Crippen LogP contribution in [0.2, 0.25) is 0 Å². The molecule has 5 aromatic rings. The number of carboxylic acids is 4. The second-order valence-electron chi connectivity index (χ2n) is 30.3. The molecule has 0 radical (unpaired) electrons. The molecule has 0 aromatic heterocycles. The van der Waals surface area contributed by atoms with Gasteiger partial charge in [-0.05, 0) is 185 Å². The van der Waals surface area contributed by atoms with Gasteiger partial charge in [-0.25, -0.2) is 19.2 Å². The van der Waals surface area contributed by atoms with Gasteiger partial charge in [0, 0.05) is 38.1 Å². The molecule has 0 spiro atoms. The normalized spacial score (nSPS) is 16.8. The zero-order chi connectivity index (χ0) is 94.4. The van der Waals surface area contributed by atoms with Crippen LogP contribution in [0.4, 0.5) is 52.7 Å². The van der Waals surface area contributed by atoms with Gasteiger partial charge in [-0.3, -0.25) is 43.9 Å². The third kappa shape index (κ3) is 39.1. The fourth-order valence-electron chi connectivity index (χ4n) is 13.9. The molecule has 43 heteroatoms. The maximum Gasteiger partial charge on any atom is 0.490 e. The summed E-state index contributed by atoms with van der Waals surface area (Å²) in [5.41, 5.74) is 37.1. The lowest BCUT2D eigenvalue weighted by molar-refractivity contribution is -0.193. The average molecular weight is 1800 g/mol. The van der Waals surface area contributed by atoms with E-state index >= 15 is 0 Å². The van der Waals surface area contributed by atoms with Gasteiger partial charge in [-0.1, -0.05) is 129 Å². The molecule has 23 N–H and O–H groups in total. The quantitative estimate of drug-likeness (QED) is 0.00879. The first-order valence-corrected chi connectivity index (χ1v) is 40.0. The summed E-state index contributed by atoms with van der Waals surface area (Å²) in [4.78, 5) is 143. The van der Waals surface area contributed by atoms with E-state index in [4.69, 9.17) is 68.3 Å². The molecule has 5 aromatic carbocycles. The van der Waals surface area contributed by atoms with Crippen LogP contribution in [0.5, 0.6) is 11.5 Å². The molecular weight excluding hydrogens is 1690 g/mol. The topological polar surface area (TPSA) is 539 Å². The number of phenols is 2. The van der Waals surface area contributed by atoms with Crippen molar-refractivity contribution in [3.63, 3.8) is 0 Å². The van der Waals surface area contributed by atoms with Gasteiger partial charge in [0.15, 0.2) is 5.96 Å². The number of unbranched alkanes of at least 4 members (excludes halogenated alkanes) is 1. The molecule has 126 heavy (non-hydrogen) atoms. The highest BCUT2D eigenvalue weighted by Gasteiger charge is 2.42. The van der Waals surface area contributed by atoms with Crippen LogP contribution in [0.1, 0.15) is 141 Å². The number of guanidine groups is 1. The van der Waals surface area contributed by atoms with E-state index in [0.717, 1.165) is 76.6 Å². The summed E-state index contributed by atoms with van der Waals surface area (Å²) >= 11 is 0. The number of aliphatic imine (C=N–C) groups is 1. The number of nitrogens with two attached hydrogens (primary N) is 5. The highest BCUT2D eigenvalue weighted by Crippen LogP contribution is 2.30. The minimum atomic E-state index is -5.08. The van der Waals surface area contributed by atoms with Crippen LogP contribution in [0.15, 0.2) is 126 Å². The van der Waals surface area contributed by atoms with Crippen LogP contribution in [0.3, 0.4) is 0 Å². The predicted octanol–water partition coefficient (Wildman–Crippen LogP) is 6.72. The molecule has 8 atom stereocenters. The standard InChI is InChI=1S/C75H104N14O9.4C2HF3O2/c1-47-37-59(91)38-48(2)60(47)44-61(77)68(92)86-64(26-16-36-81-75(79)80)71(95)88-67(42-51-21-10-5-11-22-51)73(97)87-63(25-14-15-35-76)70(94)83-55-29-31-56(32-30-55)84-72(96)66(41-50-19-8-4-9-20-50)85-65(40-49-17-6-3-7-18-49)69(93)82-45-57-43-53-23-12-13-24-54(53)46-89(57)74(98)62(78)39-52-27-33-58(90)34-28-52;4*3-2(4,5)1(6)7/h4-5,8-13,19-24,27-28,33-34,37-38,49,55-57,61-67,85,90-91H,3,6-7,14-18,25-26,29-32,35-36,39-46,76-78H2,1-2H3,(H,82,93)(H,83,94)(H,84,96)(H,86,92)(H,87,97)(H,88,95)(H4,79,80,81);4*(H,6,7)/t55?,56?,57?,61-,62-,63-,64+,65+,66-,67-;;;;/m0..../s1. The smallest absolute Gasteiger partial charge is 0.490 e. The highest BCUT2D eigenvalue weighted by molar-refractivity contribution is 5.95. The van der Waals surface area contributed by atoms with Crippen molar-refractivity contribution in [2.75, 3.05) is 19.6 Å². The van der Waals surface area contributed by atoms with Crippen LogP contribution < -0.4 is 65.9 Å². The van der Waals surface area contributed by atoms with Gasteiger partial charge >= 0.3 is 48.6 Å². The number of fused-ring (bicyclic) bond motifs is 1.